The van der Waals surface area contributed by atoms with E-state index in [9.17, 15) is 5.26 Å². The van der Waals surface area contributed by atoms with Gasteiger partial charge < -0.3 is 13.4 Å². The van der Waals surface area contributed by atoms with Crippen LogP contribution in [0.3, 0.4) is 0 Å². The molecule has 54 heavy (non-hydrogen) atoms. The van der Waals surface area contributed by atoms with E-state index in [1.807, 2.05) is 133 Å². The predicted molar refractivity (Wildman–Crippen MR) is 221 cm³/mol. The highest BCUT2D eigenvalue weighted by Crippen LogP contribution is 2.52. The van der Waals surface area contributed by atoms with Crippen LogP contribution in [0.15, 0.2) is 160 Å². The van der Waals surface area contributed by atoms with Crippen molar-refractivity contribution in [2.45, 2.75) is 0 Å². The largest absolute Gasteiger partial charge is 0.466 e. The number of nitriles is 1. The molecule has 0 aliphatic heterocycles. The van der Waals surface area contributed by atoms with Crippen LogP contribution in [-0.4, -0.2) is 0 Å². The lowest BCUT2D eigenvalue weighted by molar-refractivity contribution is 0.591. The van der Waals surface area contributed by atoms with Gasteiger partial charge in [0.25, 0.3) is 0 Å². The van der Waals surface area contributed by atoms with Gasteiger partial charge >= 0.3 is 0 Å². The lowest BCUT2D eigenvalue weighted by Gasteiger charge is -2.22. The number of hydrogen-bond donors (Lipinski definition) is 0. The van der Waals surface area contributed by atoms with Crippen molar-refractivity contribution in [2.75, 3.05) is 0 Å². The van der Waals surface area contributed by atoms with Crippen molar-refractivity contribution in [3.05, 3.63) is 169 Å². The first-order valence-electron chi connectivity index (χ1n) is 17.6. The van der Waals surface area contributed by atoms with Crippen molar-refractivity contribution in [3.8, 4) is 6.07 Å². The Labute approximate surface area is 308 Å². The summed E-state index contributed by atoms with van der Waals surface area (Å²) in [6.07, 6.45) is 0. The van der Waals surface area contributed by atoms with Crippen molar-refractivity contribution < 1.29 is 13.4 Å². The van der Waals surface area contributed by atoms with Crippen LogP contribution in [-0.2, 0) is 4.57 Å². The molecule has 11 rings (SSSR count). The third kappa shape index (κ3) is 3.99. The van der Waals surface area contributed by atoms with E-state index in [1.54, 1.807) is 0 Å². The molecule has 0 saturated heterocycles. The molecule has 0 radical (unpaired) electrons. The summed E-state index contributed by atoms with van der Waals surface area (Å²) in [4.78, 5) is 3.92. The Morgan fingerprint density at radius 3 is 1.41 bits per heavy atom. The highest BCUT2D eigenvalue weighted by atomic mass is 31.2. The van der Waals surface area contributed by atoms with Gasteiger partial charge in [0.15, 0.2) is 12.7 Å². The van der Waals surface area contributed by atoms with Crippen LogP contribution in [0.4, 0.5) is 5.69 Å². The van der Waals surface area contributed by atoms with Crippen molar-refractivity contribution in [2.24, 2.45) is 0 Å². The molecule has 1 unspecified atom stereocenters. The van der Waals surface area contributed by atoms with Crippen LogP contribution < -0.4 is 15.9 Å². The Bertz CT molecular complexity index is 3350. The van der Waals surface area contributed by atoms with Gasteiger partial charge in [-0.3, -0.25) is 0 Å². The number of furan rings is 2. The molecule has 11 aromatic rings. The van der Waals surface area contributed by atoms with Crippen molar-refractivity contribution >= 4 is 116 Å². The number of nitrogens with zero attached hydrogens (tertiary/aromatic N) is 2. The van der Waals surface area contributed by atoms with Crippen LogP contribution >= 0.6 is 7.14 Å². The van der Waals surface area contributed by atoms with Crippen LogP contribution in [0.25, 0.3) is 91.8 Å². The Kier molecular flexibility index (Phi) is 6.30. The summed E-state index contributed by atoms with van der Waals surface area (Å²) < 4.78 is 30.9. The predicted octanol–water partition coefficient (Wildman–Crippen LogP) is 12.2. The van der Waals surface area contributed by atoms with Gasteiger partial charge in [-0.2, -0.15) is 5.26 Å². The molecule has 0 bridgehead atoms. The van der Waals surface area contributed by atoms with E-state index in [0.717, 1.165) is 64.6 Å². The molecule has 250 valence electrons. The van der Waals surface area contributed by atoms with E-state index in [4.69, 9.17) is 15.4 Å². The van der Waals surface area contributed by atoms with Gasteiger partial charge in [0.1, 0.15) is 22.8 Å². The molecular weight excluding hydrogens is 684 g/mol. The summed E-state index contributed by atoms with van der Waals surface area (Å²) in [6, 6.07) is 51.8. The summed E-state index contributed by atoms with van der Waals surface area (Å²) in [6.45, 7) is 8.17. The van der Waals surface area contributed by atoms with E-state index in [2.05, 4.69) is 29.1 Å². The molecule has 9 aromatic carbocycles. The third-order valence-corrected chi connectivity index (χ3v) is 13.9. The van der Waals surface area contributed by atoms with E-state index < -0.39 is 7.14 Å². The number of hydrogen-bond acceptors (Lipinski definition) is 4. The number of fused-ring (bicyclic) bond motifs is 14. The summed E-state index contributed by atoms with van der Waals surface area (Å²) in [7, 11) is -3.90. The van der Waals surface area contributed by atoms with Crippen LogP contribution in [0.2, 0.25) is 0 Å². The van der Waals surface area contributed by atoms with Gasteiger partial charge in [0, 0.05) is 26.8 Å². The minimum Gasteiger partial charge on any atom is -0.466 e. The maximum absolute atomic E-state index is 17.1. The summed E-state index contributed by atoms with van der Waals surface area (Å²) in [5.41, 5.74) is 2.67. The van der Waals surface area contributed by atoms with Gasteiger partial charge in [-0.25, -0.2) is 4.85 Å². The molecule has 0 spiro atoms. The number of rotatable bonds is 3. The van der Waals surface area contributed by atoms with Crippen molar-refractivity contribution in [3.63, 3.8) is 0 Å². The monoisotopic (exact) mass is 708 g/mol. The fraction of sp³-hybridized carbons (Fsp3) is 0. The van der Waals surface area contributed by atoms with Crippen molar-refractivity contribution in [1.82, 2.24) is 0 Å². The zero-order valence-corrected chi connectivity index (χ0v) is 29.4. The molecular formula is C48H25N2O3P. The van der Waals surface area contributed by atoms with E-state index >= 15 is 4.57 Å². The standard InChI is InChI=1S/C48H25N2O3P/c1-50-38-24-29-14-6-10-20-35(29)42-44-37-22-12-8-16-31(37)26-40(48(44)53-46(38)42)54(51,33-17-3-2-4-18-33)39-25-30-15-7-11-21-36(30)43-41-34-19-9-5-13-28(34)23-32(27-49)45(41)52-47(39)43/h2-26H. The summed E-state index contributed by atoms with van der Waals surface area (Å²) >= 11 is 0. The third-order valence-electron chi connectivity index (χ3n) is 10.9. The molecule has 6 heteroatoms. The second-order valence-corrected chi connectivity index (χ2v) is 16.4. The summed E-state index contributed by atoms with van der Waals surface area (Å²) in [5, 5.41) is 22.8. The first-order chi connectivity index (χ1) is 26.6. The fourth-order valence-corrected chi connectivity index (χ4v) is 11.5. The van der Waals surface area contributed by atoms with E-state index in [1.165, 1.54) is 0 Å². The molecule has 2 aromatic heterocycles. The van der Waals surface area contributed by atoms with Gasteiger partial charge in [-0.15, -0.1) is 0 Å². The molecule has 0 aliphatic carbocycles. The van der Waals surface area contributed by atoms with Crippen LogP contribution in [0, 0.1) is 17.9 Å². The SMILES string of the molecule is [C-]#[N+]c1cc2ccccc2c2c1oc1c(P(=O)(c3ccccc3)c3cc4ccccc4c4c3oc3c(C#N)cc5ccccc5c34)cc3ccccc3c12. The average molecular weight is 709 g/mol. The normalized spacial score (nSPS) is 13.0. The molecule has 0 amide bonds. The average Bonchev–Trinajstić information content (AvgIpc) is 3.84. The molecule has 2 heterocycles. The van der Waals surface area contributed by atoms with Gasteiger partial charge in [-0.1, -0.05) is 127 Å². The van der Waals surface area contributed by atoms with E-state index in [0.29, 0.717) is 49.5 Å². The minimum atomic E-state index is -3.90. The first kappa shape index (κ1) is 30.5. The van der Waals surface area contributed by atoms with Crippen LogP contribution in [0.5, 0.6) is 0 Å². The smallest absolute Gasteiger partial charge is 0.230 e. The fourth-order valence-electron chi connectivity index (χ4n) is 8.56. The topological polar surface area (TPSA) is 71.5 Å². The molecule has 1 atom stereocenters. The van der Waals surface area contributed by atoms with Gasteiger partial charge in [-0.05, 0) is 67.4 Å². The maximum Gasteiger partial charge on any atom is 0.230 e. The quantitative estimate of drug-likeness (QED) is 0.135. The van der Waals surface area contributed by atoms with Gasteiger partial charge in [0.2, 0.25) is 5.69 Å². The second kappa shape index (κ2) is 11.2. The highest BCUT2D eigenvalue weighted by Gasteiger charge is 2.38. The molecule has 0 fully saturated rings. The van der Waals surface area contributed by atoms with Gasteiger partial charge in [0.05, 0.1) is 22.7 Å². The second-order valence-electron chi connectivity index (χ2n) is 13.7. The zero-order valence-electron chi connectivity index (χ0n) is 28.5. The Hall–Kier alpha value is -7.17. The summed E-state index contributed by atoms with van der Waals surface area (Å²) in [5.74, 6) is 0. The van der Waals surface area contributed by atoms with Crippen molar-refractivity contribution in [1.29, 1.82) is 5.26 Å². The zero-order chi connectivity index (χ0) is 36.1. The van der Waals surface area contributed by atoms with Crippen LogP contribution in [0.1, 0.15) is 5.56 Å². The lowest BCUT2D eigenvalue weighted by Crippen LogP contribution is -2.26. The lowest BCUT2D eigenvalue weighted by atomic mass is 9.98. The Morgan fingerprint density at radius 1 is 0.500 bits per heavy atom. The highest BCUT2D eigenvalue weighted by molar-refractivity contribution is 7.86. The Morgan fingerprint density at radius 2 is 0.907 bits per heavy atom. The Balaban J connectivity index is 1.40. The molecule has 0 aliphatic rings. The molecule has 0 N–H and O–H groups in total. The van der Waals surface area contributed by atoms with E-state index in [-0.39, 0.29) is 0 Å². The maximum atomic E-state index is 17.1. The minimum absolute atomic E-state index is 0.394. The molecule has 5 nitrogen and oxygen atoms in total. The first-order valence-corrected chi connectivity index (χ1v) is 19.3. The number of benzene rings is 9. The molecule has 0 saturated carbocycles.